The van der Waals surface area contributed by atoms with Crippen molar-refractivity contribution in [1.29, 1.82) is 0 Å². The van der Waals surface area contributed by atoms with Crippen LogP contribution in [0.3, 0.4) is 0 Å². The molecule has 38 heavy (non-hydrogen) atoms. The van der Waals surface area contributed by atoms with E-state index in [0.29, 0.717) is 17.8 Å². The molecule has 0 amide bonds. The Morgan fingerprint density at radius 2 is 1.24 bits per heavy atom. The molecular formula is C34H40O3S. The lowest BCUT2D eigenvalue weighted by atomic mass is 9.49. The summed E-state index contributed by atoms with van der Waals surface area (Å²) in [5.74, 6) is 2.34. The molecule has 0 heterocycles. The van der Waals surface area contributed by atoms with Gasteiger partial charge in [-0.3, -0.25) is 0 Å². The van der Waals surface area contributed by atoms with Crippen LogP contribution >= 0.6 is 0 Å². The number of hydrogen-bond donors (Lipinski definition) is 0. The number of benzene rings is 3. The minimum absolute atomic E-state index is 0.0872. The van der Waals surface area contributed by atoms with Crippen LogP contribution in [0.2, 0.25) is 0 Å². The third-order valence-corrected chi connectivity index (χ3v) is 10.7. The van der Waals surface area contributed by atoms with Gasteiger partial charge in [0.2, 0.25) is 0 Å². The van der Waals surface area contributed by atoms with Crippen LogP contribution in [-0.2, 0) is 15.7 Å². The lowest BCUT2D eigenvalue weighted by Gasteiger charge is -2.57. The summed E-state index contributed by atoms with van der Waals surface area (Å²) in [6.07, 6.45) is 10.2. The summed E-state index contributed by atoms with van der Waals surface area (Å²) in [7, 11) is -0.0872. The Balaban J connectivity index is 0.000000187. The first-order chi connectivity index (χ1) is 18.6. The molecular weight excluding hydrogens is 488 g/mol. The summed E-state index contributed by atoms with van der Waals surface area (Å²) >= 11 is 0. The molecule has 4 saturated carbocycles. The fraction of sp³-hybridized carbons (Fsp3) is 0.441. The molecule has 200 valence electrons. The Hall–Kier alpha value is -2.72. The van der Waals surface area contributed by atoms with Gasteiger partial charge in [0.1, 0.15) is 5.75 Å². The van der Waals surface area contributed by atoms with Crippen molar-refractivity contribution >= 4 is 16.9 Å². The average molecular weight is 529 g/mol. The number of carboxylic acids is 1. The Morgan fingerprint density at radius 1 is 0.763 bits per heavy atom. The zero-order valence-corrected chi connectivity index (χ0v) is 23.3. The lowest BCUT2D eigenvalue weighted by Crippen LogP contribution is -2.54. The van der Waals surface area contributed by atoms with Crippen LogP contribution in [0.15, 0.2) is 99.6 Å². The van der Waals surface area contributed by atoms with Crippen LogP contribution in [0.5, 0.6) is 5.75 Å². The number of unbranched alkanes of at least 4 members (excludes halogenated alkanes) is 2. The van der Waals surface area contributed by atoms with Crippen LogP contribution in [0.4, 0.5) is 0 Å². The standard InChI is InChI=1S/C23H25OS.C11H16O2/c1-2-3-10-19-24-20-15-17-23(18-16-20)25(21-11-6-4-7-12-21)22-13-8-5-9-14-22;12-10(13)11-4-7-1-8(5-11)3-9(2-7)6-11/h4-9,11-18H,2-3,10,19H2,1H3;7-9H,1-6H2,(H,12,13)/q+1;/p-1. The van der Waals surface area contributed by atoms with Gasteiger partial charge in [0, 0.05) is 11.4 Å². The van der Waals surface area contributed by atoms with Crippen molar-refractivity contribution in [3.8, 4) is 5.75 Å². The minimum atomic E-state index is -0.758. The number of carboxylic acid groups (broad SMARTS) is 1. The summed E-state index contributed by atoms with van der Waals surface area (Å²) in [6.45, 7) is 3.01. The van der Waals surface area contributed by atoms with Gasteiger partial charge in [-0.2, -0.15) is 0 Å². The van der Waals surface area contributed by atoms with Gasteiger partial charge in [0.15, 0.2) is 14.7 Å². The highest BCUT2D eigenvalue weighted by molar-refractivity contribution is 7.97. The molecule has 0 N–H and O–H groups in total. The van der Waals surface area contributed by atoms with E-state index in [9.17, 15) is 9.90 Å². The summed E-state index contributed by atoms with van der Waals surface area (Å²) in [5.41, 5.74) is -0.394. The second-order valence-corrected chi connectivity index (χ2v) is 13.5. The number of carbonyl (C=O) groups excluding carboxylic acids is 1. The van der Waals surface area contributed by atoms with Crippen molar-refractivity contribution in [2.45, 2.75) is 79.4 Å². The number of ether oxygens (including phenoxy) is 1. The number of hydrogen-bond acceptors (Lipinski definition) is 3. The predicted molar refractivity (Wildman–Crippen MR) is 152 cm³/mol. The van der Waals surface area contributed by atoms with Gasteiger partial charge in [-0.05, 0) is 111 Å². The SMILES string of the molecule is CCCCCOc1ccc([S+](c2ccccc2)c2ccccc2)cc1.O=C([O-])C12CC3CC(CC(C3)C1)C2. The van der Waals surface area contributed by atoms with Gasteiger partial charge in [0.05, 0.1) is 17.5 Å². The third-order valence-electron chi connectivity index (χ3n) is 8.51. The van der Waals surface area contributed by atoms with E-state index < -0.39 is 11.4 Å². The summed E-state index contributed by atoms with van der Waals surface area (Å²) in [5, 5.41) is 11.1. The van der Waals surface area contributed by atoms with Crippen LogP contribution < -0.4 is 9.84 Å². The highest BCUT2D eigenvalue weighted by Gasteiger charge is 2.51. The first-order valence-electron chi connectivity index (χ1n) is 14.3. The molecule has 0 atom stereocenters. The van der Waals surface area contributed by atoms with Gasteiger partial charge in [-0.25, -0.2) is 0 Å². The highest BCUT2D eigenvalue weighted by Crippen LogP contribution is 2.59. The van der Waals surface area contributed by atoms with Crippen molar-refractivity contribution in [2.75, 3.05) is 6.61 Å². The monoisotopic (exact) mass is 528 g/mol. The van der Waals surface area contributed by atoms with E-state index in [2.05, 4.69) is 91.9 Å². The zero-order chi connectivity index (χ0) is 26.4. The summed E-state index contributed by atoms with van der Waals surface area (Å²) in [6, 6.07) is 30.1. The van der Waals surface area contributed by atoms with E-state index in [1.165, 1.54) is 46.8 Å². The van der Waals surface area contributed by atoms with Gasteiger partial charge < -0.3 is 14.6 Å². The molecule has 0 aromatic heterocycles. The lowest BCUT2D eigenvalue weighted by molar-refractivity contribution is -0.327. The Morgan fingerprint density at radius 3 is 1.68 bits per heavy atom. The van der Waals surface area contributed by atoms with Crippen molar-refractivity contribution in [3.05, 3.63) is 84.9 Å². The molecule has 0 aliphatic heterocycles. The minimum Gasteiger partial charge on any atom is -0.550 e. The molecule has 4 aliphatic rings. The van der Waals surface area contributed by atoms with Crippen molar-refractivity contribution < 1.29 is 14.6 Å². The highest BCUT2D eigenvalue weighted by atomic mass is 32.2. The molecule has 0 saturated heterocycles. The maximum absolute atomic E-state index is 11.1. The third kappa shape index (κ3) is 6.29. The van der Waals surface area contributed by atoms with Crippen LogP contribution in [0, 0.1) is 23.2 Å². The largest absolute Gasteiger partial charge is 0.550 e. The molecule has 3 aromatic carbocycles. The van der Waals surface area contributed by atoms with Crippen molar-refractivity contribution in [2.24, 2.45) is 23.2 Å². The fourth-order valence-electron chi connectivity index (χ4n) is 7.10. The number of rotatable bonds is 9. The summed E-state index contributed by atoms with van der Waals surface area (Å²) in [4.78, 5) is 15.1. The van der Waals surface area contributed by atoms with E-state index in [0.717, 1.165) is 38.0 Å². The van der Waals surface area contributed by atoms with Crippen molar-refractivity contribution in [1.82, 2.24) is 0 Å². The van der Waals surface area contributed by atoms with Crippen LogP contribution in [-0.4, -0.2) is 12.6 Å². The zero-order valence-electron chi connectivity index (χ0n) is 22.5. The number of aliphatic carboxylic acids is 1. The van der Waals surface area contributed by atoms with Gasteiger partial charge in [0.25, 0.3) is 0 Å². The van der Waals surface area contributed by atoms with Gasteiger partial charge >= 0.3 is 0 Å². The normalized spacial score (nSPS) is 25.1. The number of carbonyl (C=O) groups is 1. The van der Waals surface area contributed by atoms with Crippen LogP contribution in [0.25, 0.3) is 0 Å². The quantitative estimate of drug-likeness (QED) is 0.216. The Bertz CT molecular complexity index is 1080. The Labute approximate surface area is 231 Å². The van der Waals surface area contributed by atoms with Gasteiger partial charge in [-0.15, -0.1) is 0 Å². The smallest absolute Gasteiger partial charge is 0.166 e. The van der Waals surface area contributed by atoms with E-state index in [-0.39, 0.29) is 10.9 Å². The molecule has 3 aromatic rings. The maximum atomic E-state index is 11.1. The molecule has 0 spiro atoms. The van der Waals surface area contributed by atoms with E-state index in [1.54, 1.807) is 0 Å². The van der Waals surface area contributed by atoms with E-state index in [1.807, 2.05) is 0 Å². The maximum Gasteiger partial charge on any atom is 0.166 e. The van der Waals surface area contributed by atoms with E-state index >= 15 is 0 Å². The van der Waals surface area contributed by atoms with Crippen LogP contribution in [0.1, 0.15) is 64.7 Å². The molecule has 3 nitrogen and oxygen atoms in total. The molecule has 4 heteroatoms. The average Bonchev–Trinajstić information content (AvgIpc) is 2.93. The molecule has 4 aliphatic carbocycles. The Kier molecular flexibility index (Phi) is 8.79. The predicted octanol–water partition coefficient (Wildman–Crippen LogP) is 7.30. The summed E-state index contributed by atoms with van der Waals surface area (Å²) < 4.78 is 5.86. The second-order valence-electron chi connectivity index (χ2n) is 11.4. The second kappa shape index (κ2) is 12.4. The molecule has 4 fully saturated rings. The molecule has 0 unspecified atom stereocenters. The first kappa shape index (κ1) is 26.9. The molecule has 7 rings (SSSR count). The molecule has 4 bridgehead atoms. The van der Waals surface area contributed by atoms with Gasteiger partial charge in [-0.1, -0.05) is 56.2 Å². The fourth-order valence-corrected chi connectivity index (χ4v) is 9.18. The van der Waals surface area contributed by atoms with Crippen molar-refractivity contribution in [3.63, 3.8) is 0 Å². The molecule has 0 radical (unpaired) electrons. The van der Waals surface area contributed by atoms with E-state index in [4.69, 9.17) is 4.74 Å². The topological polar surface area (TPSA) is 49.4 Å². The first-order valence-corrected chi connectivity index (χ1v) is 15.6.